The summed E-state index contributed by atoms with van der Waals surface area (Å²) < 4.78 is 5.57. The second-order valence-corrected chi connectivity index (χ2v) is 5.48. The summed E-state index contributed by atoms with van der Waals surface area (Å²) in [6, 6.07) is 6.15. The molecule has 102 valence electrons. The van der Waals surface area contributed by atoms with Crippen LogP contribution in [-0.4, -0.2) is 25.1 Å². The first kappa shape index (κ1) is 12.5. The van der Waals surface area contributed by atoms with E-state index in [9.17, 15) is 4.79 Å². The third-order valence-corrected chi connectivity index (χ3v) is 3.96. The zero-order valence-electron chi connectivity index (χ0n) is 11.2. The number of piperidine rings is 1. The number of rotatable bonds is 2. The first-order valence-electron chi connectivity index (χ1n) is 7.03. The second kappa shape index (κ2) is 5.21. The molecule has 0 spiro atoms. The van der Waals surface area contributed by atoms with Gasteiger partial charge in [-0.1, -0.05) is 6.07 Å². The van der Waals surface area contributed by atoms with E-state index in [0.717, 1.165) is 36.9 Å². The fourth-order valence-corrected chi connectivity index (χ4v) is 2.80. The molecule has 0 aliphatic carbocycles. The third-order valence-electron chi connectivity index (χ3n) is 3.96. The highest BCUT2D eigenvalue weighted by Gasteiger charge is 2.24. The minimum absolute atomic E-state index is 0.0634. The number of hydrogen-bond acceptors (Lipinski definition) is 3. The van der Waals surface area contributed by atoms with E-state index in [1.165, 1.54) is 18.4 Å². The van der Waals surface area contributed by atoms with Crippen molar-refractivity contribution in [1.29, 1.82) is 0 Å². The normalized spacial score (nSPS) is 23.4. The first-order chi connectivity index (χ1) is 9.22. The Morgan fingerprint density at radius 1 is 1.32 bits per heavy atom. The SMILES string of the molecule is CC1Oc2ccc(CC3CCNCC3)cc2NC1=O. The Balaban J connectivity index is 1.74. The van der Waals surface area contributed by atoms with Crippen LogP contribution in [0.4, 0.5) is 5.69 Å². The summed E-state index contributed by atoms with van der Waals surface area (Å²) in [6.45, 7) is 4.00. The largest absolute Gasteiger partial charge is 0.479 e. The van der Waals surface area contributed by atoms with E-state index in [1.807, 2.05) is 6.07 Å². The predicted octanol–water partition coefficient (Wildman–Crippen LogP) is 1.95. The van der Waals surface area contributed by atoms with Crippen LogP contribution in [-0.2, 0) is 11.2 Å². The maximum atomic E-state index is 11.6. The summed E-state index contributed by atoms with van der Waals surface area (Å²) in [7, 11) is 0. The molecule has 19 heavy (non-hydrogen) atoms. The van der Waals surface area contributed by atoms with Crippen LogP contribution in [0.15, 0.2) is 18.2 Å². The van der Waals surface area contributed by atoms with Crippen LogP contribution in [0.5, 0.6) is 5.75 Å². The van der Waals surface area contributed by atoms with Crippen molar-refractivity contribution in [3.8, 4) is 5.75 Å². The average Bonchev–Trinajstić information content (AvgIpc) is 2.42. The molecule has 4 nitrogen and oxygen atoms in total. The van der Waals surface area contributed by atoms with Gasteiger partial charge in [-0.3, -0.25) is 4.79 Å². The van der Waals surface area contributed by atoms with Gasteiger partial charge < -0.3 is 15.4 Å². The number of carbonyl (C=O) groups is 1. The summed E-state index contributed by atoms with van der Waals surface area (Å²) in [6.07, 6.45) is 3.15. The van der Waals surface area contributed by atoms with Crippen LogP contribution in [0.2, 0.25) is 0 Å². The van der Waals surface area contributed by atoms with Crippen molar-refractivity contribution in [2.45, 2.75) is 32.3 Å². The van der Waals surface area contributed by atoms with Crippen LogP contribution in [0.1, 0.15) is 25.3 Å². The van der Waals surface area contributed by atoms with Gasteiger partial charge in [-0.25, -0.2) is 0 Å². The molecule has 3 rings (SSSR count). The molecule has 2 aliphatic rings. The van der Waals surface area contributed by atoms with Crippen LogP contribution in [0.25, 0.3) is 0 Å². The van der Waals surface area contributed by atoms with E-state index >= 15 is 0 Å². The molecule has 2 heterocycles. The summed E-state index contributed by atoms with van der Waals surface area (Å²) in [5, 5.41) is 6.30. The van der Waals surface area contributed by atoms with Gasteiger partial charge in [0.25, 0.3) is 5.91 Å². The third kappa shape index (κ3) is 2.73. The summed E-state index contributed by atoms with van der Waals surface area (Å²) in [4.78, 5) is 11.6. The van der Waals surface area contributed by atoms with Crippen LogP contribution < -0.4 is 15.4 Å². The average molecular weight is 260 g/mol. The summed E-state index contributed by atoms with van der Waals surface area (Å²) in [5.74, 6) is 1.46. The van der Waals surface area contributed by atoms with Crippen molar-refractivity contribution in [3.63, 3.8) is 0 Å². The molecule has 0 aromatic heterocycles. The summed E-state index contributed by atoms with van der Waals surface area (Å²) in [5.41, 5.74) is 2.10. The standard InChI is InChI=1S/C15H20N2O2/c1-10-15(18)17-13-9-12(2-3-14(13)19-10)8-11-4-6-16-7-5-11/h2-3,9-11,16H,4-8H2,1H3,(H,17,18). The van der Waals surface area contributed by atoms with Crippen molar-refractivity contribution in [1.82, 2.24) is 5.32 Å². The van der Waals surface area contributed by atoms with E-state index in [0.29, 0.717) is 0 Å². The molecule has 0 radical (unpaired) electrons. The maximum Gasteiger partial charge on any atom is 0.265 e. The minimum Gasteiger partial charge on any atom is -0.479 e. The fourth-order valence-electron chi connectivity index (χ4n) is 2.80. The molecule has 1 aromatic rings. The van der Waals surface area contributed by atoms with Crippen molar-refractivity contribution in [2.24, 2.45) is 5.92 Å². The maximum absolute atomic E-state index is 11.6. The lowest BCUT2D eigenvalue weighted by atomic mass is 9.91. The smallest absolute Gasteiger partial charge is 0.265 e. The molecule has 2 N–H and O–H groups in total. The van der Waals surface area contributed by atoms with Crippen molar-refractivity contribution >= 4 is 11.6 Å². The van der Waals surface area contributed by atoms with Crippen molar-refractivity contribution < 1.29 is 9.53 Å². The number of nitrogens with one attached hydrogen (secondary N) is 2. The van der Waals surface area contributed by atoms with E-state index in [-0.39, 0.29) is 5.91 Å². The van der Waals surface area contributed by atoms with Gasteiger partial charge in [0.1, 0.15) is 5.75 Å². The molecule has 1 atom stereocenters. The fraction of sp³-hybridized carbons (Fsp3) is 0.533. The monoisotopic (exact) mass is 260 g/mol. The Bertz CT molecular complexity index is 481. The number of anilines is 1. The molecule has 1 saturated heterocycles. The molecule has 1 fully saturated rings. The van der Waals surface area contributed by atoms with Gasteiger partial charge in [0.2, 0.25) is 0 Å². The van der Waals surface area contributed by atoms with Gasteiger partial charge in [-0.05, 0) is 62.9 Å². The van der Waals surface area contributed by atoms with Gasteiger partial charge in [-0.2, -0.15) is 0 Å². The Labute approximate surface area is 113 Å². The van der Waals surface area contributed by atoms with E-state index in [1.54, 1.807) is 6.92 Å². The summed E-state index contributed by atoms with van der Waals surface area (Å²) >= 11 is 0. The van der Waals surface area contributed by atoms with E-state index < -0.39 is 6.10 Å². The zero-order chi connectivity index (χ0) is 13.2. The highest BCUT2D eigenvalue weighted by atomic mass is 16.5. The van der Waals surface area contributed by atoms with Gasteiger partial charge in [0.05, 0.1) is 5.69 Å². The van der Waals surface area contributed by atoms with E-state index in [2.05, 4.69) is 22.8 Å². The highest BCUT2D eigenvalue weighted by molar-refractivity contribution is 5.97. The number of benzene rings is 1. The topological polar surface area (TPSA) is 50.4 Å². The molecule has 2 aliphatic heterocycles. The Kier molecular flexibility index (Phi) is 3.42. The lowest BCUT2D eigenvalue weighted by Gasteiger charge is -2.25. The number of hydrogen-bond donors (Lipinski definition) is 2. The van der Waals surface area contributed by atoms with Crippen LogP contribution in [0, 0.1) is 5.92 Å². The highest BCUT2D eigenvalue weighted by Crippen LogP contribution is 2.31. The molecular weight excluding hydrogens is 240 g/mol. The molecule has 4 heteroatoms. The van der Waals surface area contributed by atoms with Crippen LogP contribution in [0.3, 0.4) is 0 Å². The Morgan fingerprint density at radius 3 is 2.89 bits per heavy atom. The van der Waals surface area contributed by atoms with Gasteiger partial charge >= 0.3 is 0 Å². The molecule has 1 aromatic carbocycles. The molecule has 1 amide bonds. The van der Waals surface area contributed by atoms with Gasteiger partial charge in [0.15, 0.2) is 6.10 Å². The molecule has 1 unspecified atom stereocenters. The quantitative estimate of drug-likeness (QED) is 0.854. The van der Waals surface area contributed by atoms with Crippen molar-refractivity contribution in [3.05, 3.63) is 23.8 Å². The molecule has 0 saturated carbocycles. The number of ether oxygens (including phenoxy) is 1. The van der Waals surface area contributed by atoms with Crippen molar-refractivity contribution in [2.75, 3.05) is 18.4 Å². The second-order valence-electron chi connectivity index (χ2n) is 5.48. The minimum atomic E-state index is -0.400. The number of fused-ring (bicyclic) bond motifs is 1. The first-order valence-corrected chi connectivity index (χ1v) is 7.03. The van der Waals surface area contributed by atoms with Gasteiger partial charge in [0, 0.05) is 0 Å². The lowest BCUT2D eigenvalue weighted by Crippen LogP contribution is -2.34. The van der Waals surface area contributed by atoms with E-state index in [4.69, 9.17) is 4.74 Å². The van der Waals surface area contributed by atoms with Crippen LogP contribution >= 0.6 is 0 Å². The van der Waals surface area contributed by atoms with Gasteiger partial charge in [-0.15, -0.1) is 0 Å². The Morgan fingerprint density at radius 2 is 2.11 bits per heavy atom. The predicted molar refractivity (Wildman–Crippen MR) is 74.5 cm³/mol. The Hall–Kier alpha value is -1.55. The lowest BCUT2D eigenvalue weighted by molar-refractivity contribution is -0.122. The number of carbonyl (C=O) groups excluding carboxylic acids is 1. The molecule has 0 bridgehead atoms. The zero-order valence-corrected chi connectivity index (χ0v) is 11.2. The molecular formula is C15H20N2O2. The number of amides is 1.